The summed E-state index contributed by atoms with van der Waals surface area (Å²) in [5.74, 6) is 0.769. The average Bonchev–Trinajstić information content (AvgIpc) is 2.71. The molecule has 0 saturated carbocycles. The molecule has 0 fully saturated rings. The molecule has 8 heteroatoms. The molecule has 0 aliphatic heterocycles. The van der Waals surface area contributed by atoms with Crippen molar-refractivity contribution < 1.29 is 9.53 Å². The lowest BCUT2D eigenvalue weighted by Gasteiger charge is -2.19. The maximum Gasteiger partial charge on any atom is 0.412 e. The molecular formula is C25H38IN5O2. The third-order valence-electron chi connectivity index (χ3n) is 4.51. The molecule has 0 spiro atoms. The number of anilines is 1. The molecule has 0 unspecified atom stereocenters. The van der Waals surface area contributed by atoms with Crippen LogP contribution in [0.3, 0.4) is 0 Å². The van der Waals surface area contributed by atoms with Crippen molar-refractivity contribution in [1.29, 1.82) is 0 Å². The van der Waals surface area contributed by atoms with Crippen LogP contribution in [0.4, 0.5) is 10.5 Å². The summed E-state index contributed by atoms with van der Waals surface area (Å²) in [5.41, 5.74) is 3.87. The molecule has 3 N–H and O–H groups in total. The van der Waals surface area contributed by atoms with Crippen molar-refractivity contribution in [3.05, 3.63) is 65.2 Å². The van der Waals surface area contributed by atoms with Gasteiger partial charge in [0.1, 0.15) is 5.60 Å². The highest BCUT2D eigenvalue weighted by molar-refractivity contribution is 14.0. The van der Waals surface area contributed by atoms with Gasteiger partial charge in [-0.25, -0.2) is 4.79 Å². The molecular weight excluding hydrogens is 529 g/mol. The molecule has 0 heterocycles. The normalized spacial score (nSPS) is 11.5. The number of amides is 1. The Morgan fingerprint density at radius 3 is 2.06 bits per heavy atom. The molecule has 2 aromatic carbocycles. The lowest BCUT2D eigenvalue weighted by Crippen LogP contribution is -2.37. The molecule has 2 aromatic rings. The van der Waals surface area contributed by atoms with E-state index >= 15 is 0 Å². The molecule has 0 aromatic heterocycles. The van der Waals surface area contributed by atoms with Gasteiger partial charge in [-0.2, -0.15) is 0 Å². The highest BCUT2D eigenvalue weighted by Gasteiger charge is 2.16. The zero-order valence-electron chi connectivity index (χ0n) is 20.6. The van der Waals surface area contributed by atoms with Crippen LogP contribution in [0.25, 0.3) is 0 Å². The van der Waals surface area contributed by atoms with E-state index in [0.717, 1.165) is 25.5 Å². The predicted octanol–water partition coefficient (Wildman–Crippen LogP) is 4.62. The number of ether oxygens (including phenoxy) is 1. The summed E-state index contributed by atoms with van der Waals surface area (Å²) in [6.07, 6.45) is 0.390. The summed E-state index contributed by atoms with van der Waals surface area (Å²) in [6, 6.07) is 16.4. The van der Waals surface area contributed by atoms with Gasteiger partial charge in [-0.3, -0.25) is 10.3 Å². The second-order valence-electron chi connectivity index (χ2n) is 8.98. The Balaban J connectivity index is 0.00000544. The molecule has 182 valence electrons. The minimum absolute atomic E-state index is 0. The fourth-order valence-corrected chi connectivity index (χ4v) is 3.04. The van der Waals surface area contributed by atoms with Crippen molar-refractivity contribution >= 4 is 41.7 Å². The van der Waals surface area contributed by atoms with E-state index in [1.54, 1.807) is 7.05 Å². The van der Waals surface area contributed by atoms with E-state index in [1.165, 1.54) is 16.7 Å². The Labute approximate surface area is 215 Å². The molecule has 2 rings (SSSR count). The van der Waals surface area contributed by atoms with Crippen molar-refractivity contribution in [1.82, 2.24) is 15.5 Å². The number of carbonyl (C=O) groups excluding carboxylic acids is 1. The lowest BCUT2D eigenvalue weighted by atomic mass is 10.1. The molecule has 0 saturated heterocycles. The van der Waals surface area contributed by atoms with Crippen LogP contribution in [0.15, 0.2) is 53.5 Å². The first-order valence-electron chi connectivity index (χ1n) is 10.9. The Hall–Kier alpha value is -2.33. The SMILES string of the molecule is CN=C(NCCc1ccc(NC(=O)OC(C)(C)C)cc1)NCc1ccc(CN(C)C)cc1.I. The maximum atomic E-state index is 11.9. The number of benzene rings is 2. The van der Waals surface area contributed by atoms with Gasteiger partial charge in [0.2, 0.25) is 0 Å². The van der Waals surface area contributed by atoms with Crippen LogP contribution in [0.1, 0.15) is 37.5 Å². The van der Waals surface area contributed by atoms with Crippen LogP contribution in [0.5, 0.6) is 0 Å². The minimum Gasteiger partial charge on any atom is -0.444 e. The molecule has 0 radical (unpaired) electrons. The van der Waals surface area contributed by atoms with Crippen molar-refractivity contribution in [2.75, 3.05) is 33.0 Å². The molecule has 0 aliphatic carbocycles. The van der Waals surface area contributed by atoms with Crippen molar-refractivity contribution in [2.45, 2.75) is 45.9 Å². The Morgan fingerprint density at radius 2 is 1.52 bits per heavy atom. The van der Waals surface area contributed by atoms with Gasteiger partial charge in [0, 0.05) is 32.4 Å². The zero-order valence-corrected chi connectivity index (χ0v) is 22.9. The molecule has 7 nitrogen and oxygen atoms in total. The van der Waals surface area contributed by atoms with E-state index in [-0.39, 0.29) is 24.0 Å². The number of hydrogen-bond acceptors (Lipinski definition) is 4. The number of carbonyl (C=O) groups is 1. The number of rotatable bonds is 8. The summed E-state index contributed by atoms with van der Waals surface area (Å²) in [6.45, 7) is 7.93. The maximum absolute atomic E-state index is 11.9. The van der Waals surface area contributed by atoms with Gasteiger partial charge in [-0.15, -0.1) is 24.0 Å². The third kappa shape index (κ3) is 11.9. The smallest absolute Gasteiger partial charge is 0.412 e. The molecule has 33 heavy (non-hydrogen) atoms. The van der Waals surface area contributed by atoms with Gasteiger partial charge in [-0.05, 0) is 70.1 Å². The number of hydrogen-bond donors (Lipinski definition) is 3. The van der Waals surface area contributed by atoms with E-state index in [1.807, 2.05) is 45.0 Å². The van der Waals surface area contributed by atoms with E-state index in [2.05, 4.69) is 64.2 Å². The summed E-state index contributed by atoms with van der Waals surface area (Å²) in [5, 5.41) is 9.43. The summed E-state index contributed by atoms with van der Waals surface area (Å²) in [4.78, 5) is 18.3. The monoisotopic (exact) mass is 567 g/mol. The quantitative estimate of drug-likeness (QED) is 0.247. The van der Waals surface area contributed by atoms with Crippen LogP contribution in [0.2, 0.25) is 0 Å². The van der Waals surface area contributed by atoms with Crippen LogP contribution in [-0.4, -0.2) is 50.2 Å². The summed E-state index contributed by atoms with van der Waals surface area (Å²) >= 11 is 0. The number of halogens is 1. The molecule has 0 bridgehead atoms. The fraction of sp³-hybridized carbons (Fsp3) is 0.440. The fourth-order valence-electron chi connectivity index (χ4n) is 3.04. The zero-order chi connectivity index (χ0) is 23.6. The largest absolute Gasteiger partial charge is 0.444 e. The van der Waals surface area contributed by atoms with Crippen LogP contribution in [-0.2, 0) is 24.2 Å². The van der Waals surface area contributed by atoms with Crippen molar-refractivity contribution in [2.24, 2.45) is 4.99 Å². The summed E-state index contributed by atoms with van der Waals surface area (Å²) in [7, 11) is 5.91. The average molecular weight is 568 g/mol. The van der Waals surface area contributed by atoms with E-state index in [4.69, 9.17) is 4.74 Å². The topological polar surface area (TPSA) is 78.0 Å². The Bertz CT molecular complexity index is 875. The lowest BCUT2D eigenvalue weighted by molar-refractivity contribution is 0.0636. The first kappa shape index (κ1) is 28.7. The molecule has 0 aliphatic rings. The third-order valence-corrected chi connectivity index (χ3v) is 4.51. The number of guanidine groups is 1. The van der Waals surface area contributed by atoms with Crippen molar-refractivity contribution in [3.63, 3.8) is 0 Å². The van der Waals surface area contributed by atoms with Gasteiger partial charge in [0.25, 0.3) is 0 Å². The first-order valence-corrected chi connectivity index (χ1v) is 10.9. The standard InChI is InChI=1S/C25H37N5O2.HI/c1-25(2,3)32-24(31)29-22-13-11-19(12-14-22)15-16-27-23(26-4)28-17-20-7-9-21(10-8-20)18-30(5)6;/h7-14H,15-18H2,1-6H3,(H,29,31)(H2,26,27,28);1H. The van der Waals surface area contributed by atoms with Crippen molar-refractivity contribution in [3.8, 4) is 0 Å². The van der Waals surface area contributed by atoms with Crippen LogP contribution < -0.4 is 16.0 Å². The molecule has 0 atom stereocenters. The molecule has 1 amide bonds. The Kier molecular flexibility index (Phi) is 12.2. The Morgan fingerprint density at radius 1 is 0.939 bits per heavy atom. The van der Waals surface area contributed by atoms with Crippen LogP contribution >= 0.6 is 24.0 Å². The second-order valence-corrected chi connectivity index (χ2v) is 8.98. The van der Waals surface area contributed by atoms with Gasteiger partial charge >= 0.3 is 6.09 Å². The van der Waals surface area contributed by atoms with Gasteiger partial charge in [-0.1, -0.05) is 36.4 Å². The van der Waals surface area contributed by atoms with Gasteiger partial charge in [0.05, 0.1) is 0 Å². The highest BCUT2D eigenvalue weighted by atomic mass is 127. The van der Waals surface area contributed by atoms with Gasteiger partial charge in [0.15, 0.2) is 5.96 Å². The van der Waals surface area contributed by atoms with E-state index < -0.39 is 11.7 Å². The predicted molar refractivity (Wildman–Crippen MR) is 147 cm³/mol. The minimum atomic E-state index is -0.516. The number of nitrogens with one attached hydrogen (secondary N) is 3. The number of nitrogens with zero attached hydrogens (tertiary/aromatic N) is 2. The van der Waals surface area contributed by atoms with E-state index in [9.17, 15) is 4.79 Å². The first-order chi connectivity index (χ1) is 15.1. The van der Waals surface area contributed by atoms with Crippen LogP contribution in [0, 0.1) is 0 Å². The highest BCUT2D eigenvalue weighted by Crippen LogP contribution is 2.13. The number of aliphatic imine (C=N–C) groups is 1. The van der Waals surface area contributed by atoms with E-state index in [0.29, 0.717) is 12.2 Å². The van der Waals surface area contributed by atoms with Gasteiger partial charge < -0.3 is 20.3 Å². The summed E-state index contributed by atoms with van der Waals surface area (Å²) < 4.78 is 5.27. The second kappa shape index (κ2) is 14.0.